The van der Waals surface area contributed by atoms with Crippen LogP contribution in [0.3, 0.4) is 0 Å². The molecular formula is C23H42NPTi. The van der Waals surface area contributed by atoms with Crippen LogP contribution in [-0.2, 0) is 21.7 Å². The summed E-state index contributed by atoms with van der Waals surface area (Å²) in [6.45, 7) is 18.1. The second-order valence-corrected chi connectivity index (χ2v) is 11.0. The summed E-state index contributed by atoms with van der Waals surface area (Å²) >= 11 is 0. The van der Waals surface area contributed by atoms with Gasteiger partial charge in [-0.05, 0) is 64.7 Å². The summed E-state index contributed by atoms with van der Waals surface area (Å²) in [6.07, 6.45) is 19.9. The van der Waals surface area contributed by atoms with Crippen molar-refractivity contribution in [3.05, 3.63) is 48.2 Å². The van der Waals surface area contributed by atoms with E-state index in [4.69, 9.17) is 4.74 Å². The second kappa shape index (κ2) is 17.0. The molecule has 0 spiro atoms. The molecule has 1 nitrogen and oxygen atoms in total. The maximum absolute atomic E-state index is 5.33. The van der Waals surface area contributed by atoms with Crippen molar-refractivity contribution >= 4 is 7.05 Å². The predicted octanol–water partition coefficient (Wildman–Crippen LogP) is 8.57. The van der Waals surface area contributed by atoms with Crippen molar-refractivity contribution in [2.45, 2.75) is 79.6 Å². The van der Waals surface area contributed by atoms with Crippen molar-refractivity contribution in [2.75, 3.05) is 18.5 Å². The van der Waals surface area contributed by atoms with Crippen molar-refractivity contribution < 1.29 is 21.7 Å². The summed E-state index contributed by atoms with van der Waals surface area (Å²) in [4.78, 5) is 0. The summed E-state index contributed by atoms with van der Waals surface area (Å²) < 4.78 is 5.33. The van der Waals surface area contributed by atoms with Gasteiger partial charge in [-0.15, -0.1) is 0 Å². The molecule has 0 radical (unpaired) electrons. The molecule has 0 unspecified atom stereocenters. The molecule has 148 valence electrons. The van der Waals surface area contributed by atoms with E-state index in [1.54, 1.807) is 0 Å². The Morgan fingerprint density at radius 1 is 0.923 bits per heavy atom. The van der Waals surface area contributed by atoms with Crippen LogP contribution in [0, 0.1) is 0 Å². The van der Waals surface area contributed by atoms with E-state index in [0.717, 1.165) is 17.6 Å². The van der Waals surface area contributed by atoms with E-state index in [1.807, 2.05) is 13.8 Å². The normalized spacial score (nSPS) is 12.6. The predicted molar refractivity (Wildman–Crippen MR) is 120 cm³/mol. The Hall–Kier alpha value is -0.0957. The van der Waals surface area contributed by atoms with E-state index >= 15 is 0 Å². The molecule has 0 aliphatic heterocycles. The Bertz CT molecular complexity index is 474. The summed E-state index contributed by atoms with van der Waals surface area (Å²) in [5.74, 6) is 0. The topological polar surface area (TPSA) is 12.4 Å². The van der Waals surface area contributed by atoms with Crippen molar-refractivity contribution in [2.24, 2.45) is 4.74 Å². The molecule has 0 aromatic rings. The number of nitrogens with zero attached hydrogens (tertiary/aromatic N) is 1. The third kappa shape index (κ3) is 13.1. The molecule has 0 heterocycles. The Balaban J connectivity index is 0. The van der Waals surface area contributed by atoms with Gasteiger partial charge in [0, 0.05) is 33.8 Å². The summed E-state index contributed by atoms with van der Waals surface area (Å²) in [6, 6.07) is 0. The molecule has 1 aliphatic rings. The van der Waals surface area contributed by atoms with Gasteiger partial charge in [-0.2, -0.15) is 0 Å². The van der Waals surface area contributed by atoms with Gasteiger partial charge in [0.25, 0.3) is 0 Å². The van der Waals surface area contributed by atoms with E-state index < -0.39 is 7.05 Å². The van der Waals surface area contributed by atoms with Gasteiger partial charge in [-0.1, -0.05) is 76.5 Å². The fraction of sp³-hybridized carbons (Fsp3) is 0.652. The molecule has 0 saturated carbocycles. The smallest absolute Gasteiger partial charge is 0.0425 e. The van der Waals surface area contributed by atoms with Gasteiger partial charge in [-0.3, -0.25) is 4.74 Å². The Morgan fingerprint density at radius 3 is 1.62 bits per heavy atom. The van der Waals surface area contributed by atoms with E-state index in [2.05, 4.69) is 52.2 Å². The van der Waals surface area contributed by atoms with Gasteiger partial charge in [0.1, 0.15) is 0 Å². The third-order valence-electron chi connectivity index (χ3n) is 4.60. The average molecular weight is 411 g/mol. The van der Waals surface area contributed by atoms with Gasteiger partial charge >= 0.3 is 0 Å². The molecule has 0 bridgehead atoms. The fourth-order valence-electron chi connectivity index (χ4n) is 2.63. The van der Waals surface area contributed by atoms with Crippen molar-refractivity contribution in [1.29, 1.82) is 0 Å². The van der Waals surface area contributed by atoms with Crippen molar-refractivity contribution in [1.82, 2.24) is 0 Å². The fourth-order valence-corrected chi connectivity index (χ4v) is 7.00. The first kappa shape index (κ1) is 28.1. The first-order valence-electron chi connectivity index (χ1n) is 10.2. The quantitative estimate of drug-likeness (QED) is 0.183. The van der Waals surface area contributed by atoms with E-state index in [9.17, 15) is 0 Å². The Labute approximate surface area is 179 Å². The maximum atomic E-state index is 5.33. The van der Waals surface area contributed by atoms with Gasteiger partial charge in [0.15, 0.2) is 0 Å². The zero-order chi connectivity index (χ0) is 19.1. The molecule has 3 heteroatoms. The van der Waals surface area contributed by atoms with E-state index in [0.29, 0.717) is 0 Å². The van der Waals surface area contributed by atoms with Gasteiger partial charge in [-0.25, -0.2) is 0 Å². The van der Waals surface area contributed by atoms with Gasteiger partial charge in [0.2, 0.25) is 0 Å². The van der Waals surface area contributed by atoms with Crippen LogP contribution in [0.25, 0.3) is 0 Å². The molecular weight excluding hydrogens is 369 g/mol. The summed E-state index contributed by atoms with van der Waals surface area (Å²) in [5, 5.41) is 0. The third-order valence-corrected chi connectivity index (χ3v) is 8.73. The number of allylic oxidation sites excluding steroid dienone is 5. The molecule has 26 heavy (non-hydrogen) atoms. The van der Waals surface area contributed by atoms with Crippen LogP contribution in [0.4, 0.5) is 0 Å². The van der Waals surface area contributed by atoms with E-state index in [1.165, 1.54) is 62.7 Å². The summed E-state index contributed by atoms with van der Waals surface area (Å²) in [7, 11) is -1.08. The van der Waals surface area contributed by atoms with Crippen LogP contribution in [0.5, 0.6) is 0 Å². The minimum absolute atomic E-state index is 0. The second-order valence-electron chi connectivity index (χ2n) is 7.28. The first-order chi connectivity index (χ1) is 11.9. The Kier molecular flexibility index (Phi) is 18.4. The van der Waals surface area contributed by atoms with Crippen LogP contribution in [0.15, 0.2) is 53.0 Å². The Morgan fingerprint density at radius 2 is 1.35 bits per heavy atom. The molecule has 1 rings (SSSR count). The number of unbranched alkanes of at least 4 members (excludes halogenated alkanes) is 3. The molecule has 0 aromatic heterocycles. The zero-order valence-electron chi connectivity index (χ0n) is 18.1. The van der Waals surface area contributed by atoms with E-state index in [-0.39, 0.29) is 21.7 Å². The zero-order valence-corrected chi connectivity index (χ0v) is 20.6. The van der Waals surface area contributed by atoms with Crippen LogP contribution in [0.2, 0.25) is 0 Å². The average Bonchev–Trinajstić information content (AvgIpc) is 3.09. The van der Waals surface area contributed by atoms with Crippen LogP contribution < -0.4 is 0 Å². The molecule has 0 fully saturated rings. The van der Waals surface area contributed by atoms with Gasteiger partial charge in [0.05, 0.1) is 0 Å². The van der Waals surface area contributed by atoms with Crippen LogP contribution in [0.1, 0.15) is 79.6 Å². The molecule has 0 saturated heterocycles. The van der Waals surface area contributed by atoms with Crippen molar-refractivity contribution in [3.63, 3.8) is 0 Å². The maximum Gasteiger partial charge on any atom is 0.0425 e. The molecule has 1 aliphatic carbocycles. The molecule has 0 N–H and O–H groups in total. The monoisotopic (exact) mass is 411 g/mol. The van der Waals surface area contributed by atoms with Gasteiger partial charge < -0.3 is 0 Å². The molecule has 0 aromatic carbocycles. The minimum atomic E-state index is -1.08. The van der Waals surface area contributed by atoms with Crippen molar-refractivity contribution in [3.8, 4) is 0 Å². The SMILES string of the molecule is C=C(C)C(=C)C.CCCCP(CCCC)(CCCC)=NC1=CC=CC1.[Ti]. The number of rotatable bonds is 11. The number of hydrogen-bond acceptors (Lipinski definition) is 1. The molecule has 0 amide bonds. The standard InChI is InChI=1S/C17H32NP.C6H10.Ti/c1-4-7-14-19(15-8-5-2,16-9-6-3)18-17-12-10-11-13-17;1-5(2)6(3)4;/h10-12H,4-9,13-16H2,1-3H3;1,3H2,2,4H3;. The molecule has 0 atom stereocenters. The van der Waals surface area contributed by atoms with Crippen LogP contribution >= 0.6 is 7.05 Å². The largest absolute Gasteiger partial charge is 0.272 e. The first-order valence-corrected chi connectivity index (χ1v) is 12.5. The minimum Gasteiger partial charge on any atom is -0.272 e. The number of hydrogen-bond donors (Lipinski definition) is 0. The summed E-state index contributed by atoms with van der Waals surface area (Å²) in [5.41, 5.74) is 3.49. The van der Waals surface area contributed by atoms with Crippen LogP contribution in [-0.4, -0.2) is 18.5 Å².